The predicted molar refractivity (Wildman–Crippen MR) is 83.0 cm³/mol. The average Bonchev–Trinajstić information content (AvgIpc) is 3.04. The number of aromatic nitrogens is 2. The normalized spacial score (nSPS) is 10.7. The van der Waals surface area contributed by atoms with Gasteiger partial charge in [0.2, 0.25) is 0 Å². The van der Waals surface area contributed by atoms with Gasteiger partial charge in [-0.2, -0.15) is 5.10 Å². The van der Waals surface area contributed by atoms with Gasteiger partial charge in [0.05, 0.1) is 23.2 Å². The minimum Gasteiger partial charge on any atom is -0.495 e. The second kappa shape index (κ2) is 5.02. The molecule has 3 rings (SSSR count). The second-order valence-corrected chi connectivity index (χ2v) is 5.46. The van der Waals surface area contributed by atoms with Crippen molar-refractivity contribution in [1.29, 1.82) is 0 Å². The summed E-state index contributed by atoms with van der Waals surface area (Å²) in [5.41, 5.74) is 10.1. The number of methoxy groups -OCH3 is 1. The fourth-order valence-electron chi connectivity index (χ4n) is 2.25. The molecule has 2 aromatic heterocycles. The first-order chi connectivity index (χ1) is 9.70. The van der Waals surface area contributed by atoms with Gasteiger partial charge in [-0.3, -0.25) is 5.10 Å². The summed E-state index contributed by atoms with van der Waals surface area (Å²) in [5, 5.41) is 9.17. The smallest absolute Gasteiger partial charge is 0.153 e. The van der Waals surface area contributed by atoms with Gasteiger partial charge in [0.25, 0.3) is 0 Å². The Hall–Kier alpha value is -2.27. The van der Waals surface area contributed by atoms with Crippen LogP contribution < -0.4 is 10.5 Å². The number of nitrogens with zero attached hydrogens (tertiary/aromatic N) is 1. The van der Waals surface area contributed by atoms with Crippen molar-refractivity contribution in [2.45, 2.75) is 6.92 Å². The lowest BCUT2D eigenvalue weighted by atomic mass is 10.0. The van der Waals surface area contributed by atoms with Crippen LogP contribution in [-0.4, -0.2) is 17.3 Å². The van der Waals surface area contributed by atoms with Gasteiger partial charge in [0.15, 0.2) is 5.82 Å². The SMILES string of the molecule is COc1ccsc1-c1[nH]nc(N)c1-c1cccc(C)c1. The molecule has 0 saturated carbocycles. The number of nitrogen functional groups attached to an aromatic ring is 1. The van der Waals surface area contributed by atoms with Crippen LogP contribution in [0.2, 0.25) is 0 Å². The Morgan fingerprint density at radius 2 is 2.15 bits per heavy atom. The number of aryl methyl sites for hydroxylation is 1. The third kappa shape index (κ3) is 2.06. The van der Waals surface area contributed by atoms with Crippen LogP contribution in [0.25, 0.3) is 21.7 Å². The quantitative estimate of drug-likeness (QED) is 0.771. The molecule has 0 aliphatic carbocycles. The molecule has 1 aromatic carbocycles. The molecule has 2 heterocycles. The number of hydrogen-bond donors (Lipinski definition) is 2. The molecule has 0 amide bonds. The molecular weight excluding hydrogens is 270 g/mol. The molecule has 0 saturated heterocycles. The number of anilines is 1. The highest BCUT2D eigenvalue weighted by Crippen LogP contribution is 2.41. The number of hydrogen-bond acceptors (Lipinski definition) is 4. The molecular formula is C15H15N3OS. The molecule has 0 bridgehead atoms. The number of thiophene rings is 1. The van der Waals surface area contributed by atoms with Gasteiger partial charge in [-0.15, -0.1) is 11.3 Å². The molecule has 20 heavy (non-hydrogen) atoms. The highest BCUT2D eigenvalue weighted by atomic mass is 32.1. The maximum Gasteiger partial charge on any atom is 0.153 e. The molecule has 5 heteroatoms. The van der Waals surface area contributed by atoms with Crippen molar-refractivity contribution in [2.75, 3.05) is 12.8 Å². The molecule has 0 aliphatic rings. The summed E-state index contributed by atoms with van der Waals surface area (Å²) >= 11 is 1.60. The van der Waals surface area contributed by atoms with Crippen LogP contribution in [-0.2, 0) is 0 Å². The van der Waals surface area contributed by atoms with E-state index < -0.39 is 0 Å². The Morgan fingerprint density at radius 1 is 1.30 bits per heavy atom. The van der Waals surface area contributed by atoms with Crippen LogP contribution in [0.5, 0.6) is 5.75 Å². The third-order valence-corrected chi connectivity index (χ3v) is 4.09. The van der Waals surface area contributed by atoms with E-state index >= 15 is 0 Å². The van der Waals surface area contributed by atoms with Gasteiger partial charge in [-0.05, 0) is 23.9 Å². The minimum absolute atomic E-state index is 0.501. The molecule has 0 radical (unpaired) electrons. The van der Waals surface area contributed by atoms with Crippen LogP contribution in [0.1, 0.15) is 5.56 Å². The molecule has 3 aromatic rings. The summed E-state index contributed by atoms with van der Waals surface area (Å²) in [6, 6.07) is 10.2. The first-order valence-corrected chi connectivity index (χ1v) is 7.11. The zero-order chi connectivity index (χ0) is 14.1. The van der Waals surface area contributed by atoms with Crippen LogP contribution in [0, 0.1) is 6.92 Å². The number of nitrogens with two attached hydrogens (primary N) is 1. The molecule has 0 fully saturated rings. The van der Waals surface area contributed by atoms with Gasteiger partial charge in [0.1, 0.15) is 5.75 Å². The Balaban J connectivity index is 2.20. The third-order valence-electron chi connectivity index (χ3n) is 3.18. The van der Waals surface area contributed by atoms with E-state index in [2.05, 4.69) is 29.3 Å². The molecule has 0 atom stereocenters. The van der Waals surface area contributed by atoms with E-state index in [0.717, 1.165) is 27.4 Å². The lowest BCUT2D eigenvalue weighted by molar-refractivity contribution is 0.418. The van der Waals surface area contributed by atoms with Crippen molar-refractivity contribution in [3.05, 3.63) is 41.3 Å². The predicted octanol–water partition coefficient (Wildman–Crippen LogP) is 3.70. The van der Waals surface area contributed by atoms with E-state index in [1.54, 1.807) is 18.4 Å². The van der Waals surface area contributed by atoms with E-state index in [4.69, 9.17) is 10.5 Å². The Morgan fingerprint density at radius 3 is 2.90 bits per heavy atom. The van der Waals surface area contributed by atoms with Crippen LogP contribution in [0.4, 0.5) is 5.82 Å². The highest BCUT2D eigenvalue weighted by Gasteiger charge is 2.18. The Kier molecular flexibility index (Phi) is 3.20. The van der Waals surface area contributed by atoms with E-state index in [1.165, 1.54) is 5.56 Å². The molecule has 4 nitrogen and oxygen atoms in total. The second-order valence-electron chi connectivity index (χ2n) is 4.55. The van der Waals surface area contributed by atoms with Crippen LogP contribution in [0.3, 0.4) is 0 Å². The molecule has 0 aliphatic heterocycles. The average molecular weight is 285 g/mol. The largest absolute Gasteiger partial charge is 0.495 e. The summed E-state index contributed by atoms with van der Waals surface area (Å²) in [6.07, 6.45) is 0. The Labute approximate surface area is 121 Å². The van der Waals surface area contributed by atoms with E-state index in [1.807, 2.05) is 23.6 Å². The summed E-state index contributed by atoms with van der Waals surface area (Å²) in [6.45, 7) is 2.06. The monoisotopic (exact) mass is 285 g/mol. The van der Waals surface area contributed by atoms with Crippen molar-refractivity contribution < 1.29 is 4.74 Å². The van der Waals surface area contributed by atoms with Crippen LogP contribution in [0.15, 0.2) is 35.7 Å². The molecule has 102 valence electrons. The fourth-order valence-corrected chi connectivity index (χ4v) is 3.11. The lowest BCUT2D eigenvalue weighted by Crippen LogP contribution is -1.89. The number of ether oxygens (including phenoxy) is 1. The van der Waals surface area contributed by atoms with Crippen molar-refractivity contribution in [3.8, 4) is 27.4 Å². The zero-order valence-electron chi connectivity index (χ0n) is 11.3. The maximum absolute atomic E-state index is 6.04. The molecule has 0 spiro atoms. The van der Waals surface area contributed by atoms with Gasteiger partial charge >= 0.3 is 0 Å². The van der Waals surface area contributed by atoms with E-state index in [-0.39, 0.29) is 0 Å². The summed E-state index contributed by atoms with van der Waals surface area (Å²) < 4.78 is 5.39. The number of H-pyrrole nitrogens is 1. The highest BCUT2D eigenvalue weighted by molar-refractivity contribution is 7.14. The standard InChI is InChI=1S/C15H15N3OS/c1-9-4-3-5-10(8-9)12-13(17-18-15(12)16)14-11(19-2)6-7-20-14/h3-8H,1-2H3,(H3,16,17,18). The van der Waals surface area contributed by atoms with Crippen molar-refractivity contribution >= 4 is 17.2 Å². The van der Waals surface area contributed by atoms with E-state index in [9.17, 15) is 0 Å². The maximum atomic E-state index is 6.04. The van der Waals surface area contributed by atoms with Gasteiger partial charge in [-0.1, -0.05) is 29.8 Å². The van der Waals surface area contributed by atoms with Crippen LogP contribution >= 0.6 is 11.3 Å². The first kappa shape index (κ1) is 12.7. The minimum atomic E-state index is 0.501. The van der Waals surface area contributed by atoms with Crippen molar-refractivity contribution in [1.82, 2.24) is 10.2 Å². The molecule has 0 unspecified atom stereocenters. The number of nitrogens with one attached hydrogen (secondary N) is 1. The lowest BCUT2D eigenvalue weighted by Gasteiger charge is -2.06. The Bertz CT molecular complexity index is 745. The van der Waals surface area contributed by atoms with Gasteiger partial charge in [0, 0.05) is 0 Å². The van der Waals surface area contributed by atoms with Crippen molar-refractivity contribution in [2.24, 2.45) is 0 Å². The first-order valence-electron chi connectivity index (χ1n) is 6.23. The van der Waals surface area contributed by atoms with E-state index in [0.29, 0.717) is 5.82 Å². The summed E-state index contributed by atoms with van der Waals surface area (Å²) in [4.78, 5) is 1.01. The van der Waals surface area contributed by atoms with Gasteiger partial charge < -0.3 is 10.5 Å². The number of aromatic amines is 1. The number of benzene rings is 1. The summed E-state index contributed by atoms with van der Waals surface area (Å²) in [5.74, 6) is 1.33. The summed E-state index contributed by atoms with van der Waals surface area (Å²) in [7, 11) is 1.66. The number of rotatable bonds is 3. The topological polar surface area (TPSA) is 63.9 Å². The molecule has 3 N–H and O–H groups in total. The van der Waals surface area contributed by atoms with Crippen molar-refractivity contribution in [3.63, 3.8) is 0 Å². The van der Waals surface area contributed by atoms with Gasteiger partial charge in [-0.25, -0.2) is 0 Å². The zero-order valence-corrected chi connectivity index (χ0v) is 12.1. The fraction of sp³-hybridized carbons (Fsp3) is 0.133.